The van der Waals surface area contributed by atoms with Crippen LogP contribution in [0.4, 0.5) is 5.69 Å². The second-order valence-electron chi connectivity index (χ2n) is 8.58. The van der Waals surface area contributed by atoms with Gasteiger partial charge >= 0.3 is 0 Å². The smallest absolute Gasteiger partial charge is 0.261 e. The van der Waals surface area contributed by atoms with E-state index in [0.717, 1.165) is 40.5 Å². The largest absolute Gasteiger partial charge is 0.461 e. The molecule has 4 rings (SSSR count). The third-order valence-corrected chi connectivity index (χ3v) is 7.57. The van der Waals surface area contributed by atoms with Gasteiger partial charge in [0.1, 0.15) is 11.3 Å². The molecule has 1 unspecified atom stereocenters. The number of aryl methyl sites for hydroxylation is 1. The van der Waals surface area contributed by atoms with Crippen LogP contribution in [0.5, 0.6) is 0 Å². The maximum atomic E-state index is 12.7. The highest BCUT2D eigenvalue weighted by atomic mass is 79.9. The monoisotopic (exact) mass is 461 g/mol. The Morgan fingerprint density at radius 1 is 1.11 bits per heavy atom. The SMILES string of the molecule is CC(C)(C)C1CCc2oc3ccc(NS(=O)(=O)c4ccc(Br)cc4)cc3c2C1. The summed E-state index contributed by atoms with van der Waals surface area (Å²) in [6, 6.07) is 12.1. The zero-order valence-corrected chi connectivity index (χ0v) is 18.7. The number of hydrogen-bond acceptors (Lipinski definition) is 3. The van der Waals surface area contributed by atoms with E-state index in [0.29, 0.717) is 11.6 Å². The summed E-state index contributed by atoms with van der Waals surface area (Å²) in [6.45, 7) is 6.84. The van der Waals surface area contributed by atoms with E-state index >= 15 is 0 Å². The van der Waals surface area contributed by atoms with Crippen LogP contribution in [-0.2, 0) is 22.9 Å². The first-order chi connectivity index (χ1) is 13.1. The first-order valence-corrected chi connectivity index (χ1v) is 11.7. The van der Waals surface area contributed by atoms with Crippen molar-refractivity contribution in [2.45, 2.75) is 44.9 Å². The highest BCUT2D eigenvalue weighted by Crippen LogP contribution is 2.41. The van der Waals surface area contributed by atoms with Gasteiger partial charge in [-0.3, -0.25) is 4.72 Å². The predicted molar refractivity (Wildman–Crippen MR) is 116 cm³/mol. The Labute approximate surface area is 174 Å². The molecule has 0 saturated carbocycles. The van der Waals surface area contributed by atoms with Crippen LogP contribution in [-0.4, -0.2) is 8.42 Å². The van der Waals surface area contributed by atoms with E-state index in [4.69, 9.17) is 4.42 Å². The average Bonchev–Trinajstić information content (AvgIpc) is 2.98. The van der Waals surface area contributed by atoms with Gasteiger partial charge in [0.25, 0.3) is 10.0 Å². The summed E-state index contributed by atoms with van der Waals surface area (Å²) in [5.74, 6) is 1.63. The van der Waals surface area contributed by atoms with Gasteiger partial charge in [0.2, 0.25) is 0 Å². The highest BCUT2D eigenvalue weighted by molar-refractivity contribution is 9.10. The Bertz CT molecular complexity index is 1130. The molecule has 0 fully saturated rings. The fourth-order valence-corrected chi connectivity index (χ4v) is 5.22. The molecule has 0 radical (unpaired) electrons. The molecule has 148 valence electrons. The van der Waals surface area contributed by atoms with Crippen LogP contribution in [0.3, 0.4) is 0 Å². The molecule has 0 spiro atoms. The van der Waals surface area contributed by atoms with Gasteiger partial charge < -0.3 is 4.42 Å². The minimum absolute atomic E-state index is 0.234. The maximum Gasteiger partial charge on any atom is 0.261 e. The molecule has 0 bridgehead atoms. The molecule has 28 heavy (non-hydrogen) atoms. The lowest BCUT2D eigenvalue weighted by atomic mass is 9.71. The molecule has 0 amide bonds. The van der Waals surface area contributed by atoms with Crippen molar-refractivity contribution >= 4 is 42.6 Å². The molecular weight excluding hydrogens is 438 g/mol. The molecule has 3 aromatic rings. The number of sulfonamides is 1. The molecule has 6 heteroatoms. The zero-order valence-electron chi connectivity index (χ0n) is 16.3. The van der Waals surface area contributed by atoms with E-state index in [-0.39, 0.29) is 10.3 Å². The van der Waals surface area contributed by atoms with Crippen molar-refractivity contribution in [3.8, 4) is 0 Å². The number of halogens is 1. The Kier molecular flexibility index (Phi) is 4.82. The quantitative estimate of drug-likeness (QED) is 0.508. The lowest BCUT2D eigenvalue weighted by Gasteiger charge is -2.33. The van der Waals surface area contributed by atoms with Crippen LogP contribution in [0, 0.1) is 11.3 Å². The molecule has 1 aliphatic carbocycles. The van der Waals surface area contributed by atoms with Crippen molar-refractivity contribution in [1.82, 2.24) is 0 Å². The standard InChI is InChI=1S/C22H24BrNO3S/c1-22(2,3)14-4-10-20-18(12-14)19-13-16(7-11-21(19)27-20)24-28(25,26)17-8-5-15(23)6-9-17/h5-9,11,13-14,24H,4,10,12H2,1-3H3. The molecule has 1 heterocycles. The minimum atomic E-state index is -3.64. The maximum absolute atomic E-state index is 12.7. The topological polar surface area (TPSA) is 59.3 Å². The van der Waals surface area contributed by atoms with Crippen molar-refractivity contribution in [2.75, 3.05) is 4.72 Å². The summed E-state index contributed by atoms with van der Waals surface area (Å²) >= 11 is 3.33. The average molecular weight is 462 g/mol. The second kappa shape index (κ2) is 6.92. The van der Waals surface area contributed by atoms with Gasteiger partial charge in [-0.25, -0.2) is 8.42 Å². The van der Waals surface area contributed by atoms with Gasteiger partial charge in [-0.1, -0.05) is 36.7 Å². The van der Waals surface area contributed by atoms with Crippen molar-refractivity contribution in [3.05, 3.63) is 58.3 Å². The molecule has 0 saturated heterocycles. The second-order valence-corrected chi connectivity index (χ2v) is 11.2. The number of fused-ring (bicyclic) bond motifs is 3. The summed E-state index contributed by atoms with van der Waals surface area (Å²) in [4.78, 5) is 0.234. The van der Waals surface area contributed by atoms with Gasteiger partial charge in [0.05, 0.1) is 4.90 Å². The van der Waals surface area contributed by atoms with E-state index < -0.39 is 10.0 Å². The molecule has 1 aliphatic rings. The summed E-state index contributed by atoms with van der Waals surface area (Å²) in [5, 5.41) is 1.01. The van der Waals surface area contributed by atoms with Crippen LogP contribution in [0.1, 0.15) is 38.5 Å². The van der Waals surface area contributed by atoms with Crippen molar-refractivity contribution in [1.29, 1.82) is 0 Å². The number of anilines is 1. The van der Waals surface area contributed by atoms with Crippen molar-refractivity contribution < 1.29 is 12.8 Å². The summed E-state index contributed by atoms with van der Waals surface area (Å²) < 4.78 is 35.0. The van der Waals surface area contributed by atoms with Gasteiger partial charge in [0, 0.05) is 27.5 Å². The third-order valence-electron chi connectivity index (χ3n) is 5.65. The summed E-state index contributed by atoms with van der Waals surface area (Å²) in [6.07, 6.45) is 3.03. The highest BCUT2D eigenvalue weighted by Gasteiger charge is 2.31. The van der Waals surface area contributed by atoms with Crippen LogP contribution in [0.2, 0.25) is 0 Å². The Balaban J connectivity index is 1.68. The summed E-state index contributed by atoms with van der Waals surface area (Å²) in [5.41, 5.74) is 2.84. The lowest BCUT2D eigenvalue weighted by molar-refractivity contribution is 0.210. The predicted octanol–water partition coefficient (Wildman–Crippen LogP) is 6.15. The molecule has 1 aromatic heterocycles. The van der Waals surface area contributed by atoms with E-state index in [1.165, 1.54) is 5.56 Å². The number of hydrogen-bond donors (Lipinski definition) is 1. The fraction of sp³-hybridized carbons (Fsp3) is 0.364. The minimum Gasteiger partial charge on any atom is -0.461 e. The first-order valence-electron chi connectivity index (χ1n) is 9.46. The molecule has 1 atom stereocenters. The van der Waals surface area contributed by atoms with E-state index in [1.54, 1.807) is 30.3 Å². The Morgan fingerprint density at radius 2 is 1.82 bits per heavy atom. The van der Waals surface area contributed by atoms with Crippen molar-refractivity contribution in [2.24, 2.45) is 11.3 Å². The molecular formula is C22H24BrNO3S. The molecule has 0 aliphatic heterocycles. The van der Waals surface area contributed by atoms with Crippen LogP contribution >= 0.6 is 15.9 Å². The first kappa shape index (κ1) is 19.5. The number of furan rings is 1. The number of nitrogens with one attached hydrogen (secondary N) is 1. The molecule has 4 nitrogen and oxygen atoms in total. The normalized spacial score (nSPS) is 17.5. The van der Waals surface area contributed by atoms with E-state index in [9.17, 15) is 8.42 Å². The van der Waals surface area contributed by atoms with Gasteiger partial charge in [0.15, 0.2) is 0 Å². The molecule has 1 N–H and O–H groups in total. The number of rotatable bonds is 3. The Hall–Kier alpha value is -1.79. The van der Waals surface area contributed by atoms with Crippen LogP contribution < -0.4 is 4.72 Å². The number of benzene rings is 2. The Morgan fingerprint density at radius 3 is 2.50 bits per heavy atom. The van der Waals surface area contributed by atoms with Gasteiger partial charge in [-0.05, 0) is 66.6 Å². The van der Waals surface area contributed by atoms with Gasteiger partial charge in [-0.15, -0.1) is 0 Å². The molecule has 2 aromatic carbocycles. The zero-order chi connectivity index (χ0) is 20.1. The lowest BCUT2D eigenvalue weighted by Crippen LogP contribution is -2.26. The third kappa shape index (κ3) is 3.72. The van der Waals surface area contributed by atoms with Crippen molar-refractivity contribution in [3.63, 3.8) is 0 Å². The fourth-order valence-electron chi connectivity index (χ4n) is 3.91. The van der Waals surface area contributed by atoms with E-state index in [2.05, 4.69) is 41.4 Å². The van der Waals surface area contributed by atoms with Crippen LogP contribution in [0.25, 0.3) is 11.0 Å². The van der Waals surface area contributed by atoms with E-state index in [1.807, 2.05) is 12.1 Å². The summed E-state index contributed by atoms with van der Waals surface area (Å²) in [7, 11) is -3.64. The van der Waals surface area contributed by atoms with Crippen LogP contribution in [0.15, 0.2) is 56.2 Å². The van der Waals surface area contributed by atoms with Gasteiger partial charge in [-0.2, -0.15) is 0 Å².